The van der Waals surface area contributed by atoms with Gasteiger partial charge in [0.25, 0.3) is 5.91 Å². The molecular formula is C20H28N2O8S2. The van der Waals surface area contributed by atoms with Gasteiger partial charge in [-0.2, -0.15) is 4.31 Å². The maximum absolute atomic E-state index is 13.0. The van der Waals surface area contributed by atoms with Gasteiger partial charge in [0, 0.05) is 26.2 Å². The number of likely N-dealkylation sites (N-methyl/N-ethyl adjacent to an activating group) is 1. The molecule has 2 heterocycles. The largest absolute Gasteiger partial charge is 0.495 e. The number of hydrogen-bond donors (Lipinski definition) is 0. The number of carbonyl (C=O) groups is 2. The van der Waals surface area contributed by atoms with E-state index in [2.05, 4.69) is 0 Å². The first-order chi connectivity index (χ1) is 15.0. The van der Waals surface area contributed by atoms with E-state index in [0.717, 1.165) is 12.8 Å². The van der Waals surface area contributed by atoms with Crippen LogP contribution in [-0.4, -0.2) is 88.8 Å². The Morgan fingerprint density at radius 3 is 2.44 bits per heavy atom. The van der Waals surface area contributed by atoms with Gasteiger partial charge < -0.3 is 14.4 Å². The highest BCUT2D eigenvalue weighted by molar-refractivity contribution is 7.91. The van der Waals surface area contributed by atoms with Crippen LogP contribution in [0.4, 0.5) is 0 Å². The number of esters is 1. The summed E-state index contributed by atoms with van der Waals surface area (Å²) in [4.78, 5) is 26.5. The highest BCUT2D eigenvalue weighted by Crippen LogP contribution is 2.30. The number of rotatable bonds is 7. The zero-order chi connectivity index (χ0) is 23.7. The lowest BCUT2D eigenvalue weighted by Crippen LogP contribution is -2.44. The normalized spacial score (nSPS) is 21.8. The third-order valence-corrected chi connectivity index (χ3v) is 9.49. The van der Waals surface area contributed by atoms with Crippen LogP contribution in [-0.2, 0) is 29.4 Å². The highest BCUT2D eigenvalue weighted by Gasteiger charge is 2.35. The van der Waals surface area contributed by atoms with E-state index in [1.165, 1.54) is 48.5 Å². The first-order valence-corrected chi connectivity index (χ1v) is 13.6. The Balaban J connectivity index is 1.75. The molecule has 0 unspecified atom stereocenters. The van der Waals surface area contributed by atoms with Gasteiger partial charge in [-0.3, -0.25) is 4.79 Å². The summed E-state index contributed by atoms with van der Waals surface area (Å²) in [5, 5.41) is 0. The van der Waals surface area contributed by atoms with Crippen molar-refractivity contribution in [1.29, 1.82) is 0 Å². The van der Waals surface area contributed by atoms with Crippen LogP contribution in [0, 0.1) is 0 Å². The molecule has 178 valence electrons. The molecule has 0 bridgehead atoms. The second kappa shape index (κ2) is 9.36. The SMILES string of the molecule is COc1ccc(C(=O)O[C@H](C)C(=O)N(C)[C@H]2CCS(=O)(=O)C2)cc1S(=O)(=O)N1CCCC1. The Kier molecular flexibility index (Phi) is 7.15. The zero-order valence-electron chi connectivity index (χ0n) is 18.3. The van der Waals surface area contributed by atoms with Crippen LogP contribution in [0.1, 0.15) is 36.5 Å². The number of methoxy groups -OCH3 is 1. The fraction of sp³-hybridized carbons (Fsp3) is 0.600. The lowest BCUT2D eigenvalue weighted by Gasteiger charge is -2.26. The first-order valence-electron chi connectivity index (χ1n) is 10.3. The summed E-state index contributed by atoms with van der Waals surface area (Å²) in [5.41, 5.74) is -0.0330. The van der Waals surface area contributed by atoms with E-state index in [4.69, 9.17) is 9.47 Å². The van der Waals surface area contributed by atoms with Crippen molar-refractivity contribution in [3.63, 3.8) is 0 Å². The molecular weight excluding hydrogens is 460 g/mol. The number of benzene rings is 1. The van der Waals surface area contributed by atoms with Gasteiger partial charge in [-0.1, -0.05) is 0 Å². The molecule has 0 saturated carbocycles. The lowest BCUT2D eigenvalue weighted by atomic mass is 10.2. The van der Waals surface area contributed by atoms with Crippen molar-refractivity contribution in [2.75, 3.05) is 38.8 Å². The van der Waals surface area contributed by atoms with E-state index in [1.54, 1.807) is 0 Å². The lowest BCUT2D eigenvalue weighted by molar-refractivity contribution is -0.140. The van der Waals surface area contributed by atoms with Crippen molar-refractivity contribution >= 4 is 31.7 Å². The van der Waals surface area contributed by atoms with E-state index in [-0.39, 0.29) is 27.7 Å². The Labute approximate surface area is 188 Å². The van der Waals surface area contributed by atoms with Gasteiger partial charge in [0.05, 0.1) is 24.2 Å². The van der Waals surface area contributed by atoms with Gasteiger partial charge in [0.1, 0.15) is 10.6 Å². The monoisotopic (exact) mass is 488 g/mol. The van der Waals surface area contributed by atoms with E-state index < -0.39 is 43.9 Å². The summed E-state index contributed by atoms with van der Waals surface area (Å²) in [6.07, 6.45) is 0.690. The molecule has 2 saturated heterocycles. The molecule has 2 fully saturated rings. The fourth-order valence-electron chi connectivity index (χ4n) is 3.90. The van der Waals surface area contributed by atoms with Crippen LogP contribution in [0.15, 0.2) is 23.1 Å². The molecule has 3 rings (SSSR count). The van der Waals surface area contributed by atoms with E-state index >= 15 is 0 Å². The Morgan fingerprint density at radius 2 is 1.88 bits per heavy atom. The number of sulfonamides is 1. The van der Waals surface area contributed by atoms with Crippen LogP contribution >= 0.6 is 0 Å². The topological polar surface area (TPSA) is 127 Å². The van der Waals surface area contributed by atoms with E-state index in [9.17, 15) is 26.4 Å². The molecule has 1 aromatic carbocycles. The third kappa shape index (κ3) is 5.07. The second-order valence-electron chi connectivity index (χ2n) is 8.03. The number of carbonyl (C=O) groups excluding carboxylic acids is 2. The van der Waals surface area contributed by atoms with Crippen molar-refractivity contribution in [3.8, 4) is 5.75 Å². The molecule has 0 aromatic heterocycles. The summed E-state index contributed by atoms with van der Waals surface area (Å²) in [6.45, 7) is 2.19. The van der Waals surface area contributed by atoms with Crippen LogP contribution < -0.4 is 4.74 Å². The molecule has 10 nitrogen and oxygen atoms in total. The standard InChI is InChI=1S/C20H28N2O8S2/c1-14(19(23)21(2)16-8-11-31(25,26)13-16)30-20(24)15-6-7-17(29-3)18(12-15)32(27,28)22-9-4-5-10-22/h6-7,12,14,16H,4-5,8-11,13H2,1-3H3/t14-,16+/m1/s1. The third-order valence-electron chi connectivity index (χ3n) is 5.82. The predicted octanol–water partition coefficient (Wildman–Crippen LogP) is 0.671. The second-order valence-corrected chi connectivity index (χ2v) is 12.2. The predicted molar refractivity (Wildman–Crippen MR) is 116 cm³/mol. The van der Waals surface area contributed by atoms with Crippen molar-refractivity contribution < 1.29 is 35.9 Å². The molecule has 0 spiro atoms. The molecule has 0 aliphatic carbocycles. The van der Waals surface area contributed by atoms with Crippen LogP contribution in [0.5, 0.6) is 5.75 Å². The van der Waals surface area contributed by atoms with E-state index in [0.29, 0.717) is 19.5 Å². The minimum absolute atomic E-state index is 0.0174. The van der Waals surface area contributed by atoms with Crippen LogP contribution in [0.3, 0.4) is 0 Å². The summed E-state index contributed by atoms with van der Waals surface area (Å²) >= 11 is 0. The quantitative estimate of drug-likeness (QED) is 0.513. The summed E-state index contributed by atoms with van der Waals surface area (Å²) in [5.74, 6) is -1.38. The maximum atomic E-state index is 13.0. The van der Waals surface area contributed by atoms with Gasteiger partial charge in [-0.05, 0) is 44.4 Å². The van der Waals surface area contributed by atoms with Crippen molar-refractivity contribution in [3.05, 3.63) is 23.8 Å². The van der Waals surface area contributed by atoms with E-state index in [1.807, 2.05) is 0 Å². The number of hydrogen-bond acceptors (Lipinski definition) is 8. The van der Waals surface area contributed by atoms with Crippen LogP contribution in [0.2, 0.25) is 0 Å². The molecule has 12 heteroatoms. The fourth-order valence-corrected chi connectivity index (χ4v) is 7.37. The molecule has 2 atom stereocenters. The minimum Gasteiger partial charge on any atom is -0.495 e. The maximum Gasteiger partial charge on any atom is 0.338 e. The molecule has 1 amide bonds. The molecule has 0 radical (unpaired) electrons. The van der Waals surface area contributed by atoms with Gasteiger partial charge in [0.2, 0.25) is 10.0 Å². The van der Waals surface area contributed by atoms with Gasteiger partial charge in [0.15, 0.2) is 15.9 Å². The Hall–Kier alpha value is -2.18. The molecule has 2 aliphatic rings. The number of amides is 1. The molecule has 2 aliphatic heterocycles. The minimum atomic E-state index is -3.85. The number of nitrogens with zero attached hydrogens (tertiary/aromatic N) is 2. The van der Waals surface area contributed by atoms with Crippen molar-refractivity contribution in [2.24, 2.45) is 0 Å². The number of ether oxygens (including phenoxy) is 2. The van der Waals surface area contributed by atoms with Crippen molar-refractivity contribution in [2.45, 2.75) is 43.2 Å². The first kappa shape index (κ1) is 24.5. The summed E-state index contributed by atoms with van der Waals surface area (Å²) in [7, 11) is -4.20. The average Bonchev–Trinajstić information content (AvgIpc) is 3.42. The summed E-state index contributed by atoms with van der Waals surface area (Å²) in [6, 6.07) is 3.47. The Morgan fingerprint density at radius 1 is 1.22 bits per heavy atom. The zero-order valence-corrected chi connectivity index (χ0v) is 19.9. The summed E-state index contributed by atoms with van der Waals surface area (Å²) < 4.78 is 61.1. The van der Waals surface area contributed by atoms with Gasteiger partial charge in [-0.15, -0.1) is 0 Å². The number of sulfone groups is 1. The molecule has 0 N–H and O–H groups in total. The van der Waals surface area contributed by atoms with Gasteiger partial charge in [-0.25, -0.2) is 21.6 Å². The van der Waals surface area contributed by atoms with Gasteiger partial charge >= 0.3 is 5.97 Å². The van der Waals surface area contributed by atoms with Crippen molar-refractivity contribution in [1.82, 2.24) is 9.21 Å². The molecule has 1 aromatic rings. The Bertz CT molecular complexity index is 1090. The smallest absolute Gasteiger partial charge is 0.338 e. The average molecular weight is 489 g/mol. The van der Waals surface area contributed by atoms with Crippen LogP contribution in [0.25, 0.3) is 0 Å². The highest BCUT2D eigenvalue weighted by atomic mass is 32.2. The molecule has 32 heavy (non-hydrogen) atoms.